The maximum Gasteiger partial charge on any atom is 0.257 e. The second-order valence-corrected chi connectivity index (χ2v) is 2.92. The van der Waals surface area contributed by atoms with Crippen LogP contribution in [0.4, 0.5) is 0 Å². The van der Waals surface area contributed by atoms with Crippen LogP contribution in [0.25, 0.3) is 0 Å². The molecule has 0 fully saturated rings. The predicted molar refractivity (Wildman–Crippen MR) is 62.9 cm³/mol. The van der Waals surface area contributed by atoms with Crippen LogP contribution in [0.3, 0.4) is 0 Å². The lowest BCUT2D eigenvalue weighted by Gasteiger charge is -2.06. The fourth-order valence-corrected chi connectivity index (χ4v) is 0.954. The van der Waals surface area contributed by atoms with E-state index < -0.39 is 0 Å². The molecule has 0 atom stereocenters. The highest BCUT2D eigenvalue weighted by Gasteiger charge is 2.01. The number of hydrogen-bond donors (Lipinski definition) is 3. The molecule has 1 aromatic carbocycles. The van der Waals surface area contributed by atoms with E-state index in [9.17, 15) is 4.79 Å². The summed E-state index contributed by atoms with van der Waals surface area (Å²) in [5.41, 5.74) is 5.22. The Balaban J connectivity index is 0.00000225. The molecule has 0 aromatic heterocycles. The first kappa shape index (κ1) is 14.5. The SMILES string of the molecule is Cl.NCCNC(=O)COc1ccc(O)cc1. The van der Waals surface area contributed by atoms with E-state index in [2.05, 4.69) is 5.32 Å². The van der Waals surface area contributed by atoms with Crippen molar-refractivity contribution >= 4 is 18.3 Å². The van der Waals surface area contributed by atoms with E-state index in [0.717, 1.165) is 0 Å². The van der Waals surface area contributed by atoms with E-state index in [-0.39, 0.29) is 30.7 Å². The highest BCUT2D eigenvalue weighted by Crippen LogP contribution is 2.15. The largest absolute Gasteiger partial charge is 0.508 e. The number of carbonyl (C=O) groups excluding carboxylic acids is 1. The summed E-state index contributed by atoms with van der Waals surface area (Å²) in [6.07, 6.45) is 0. The van der Waals surface area contributed by atoms with Gasteiger partial charge in [0.1, 0.15) is 11.5 Å². The number of carbonyl (C=O) groups is 1. The monoisotopic (exact) mass is 246 g/mol. The summed E-state index contributed by atoms with van der Waals surface area (Å²) in [5, 5.41) is 11.6. The van der Waals surface area contributed by atoms with Crippen LogP contribution in [0.15, 0.2) is 24.3 Å². The number of rotatable bonds is 5. The fraction of sp³-hybridized carbons (Fsp3) is 0.300. The van der Waals surface area contributed by atoms with Crippen molar-refractivity contribution in [3.05, 3.63) is 24.3 Å². The summed E-state index contributed by atoms with van der Waals surface area (Å²) in [4.78, 5) is 11.1. The third-order valence-electron chi connectivity index (χ3n) is 1.67. The molecule has 1 aromatic rings. The number of amides is 1. The first-order valence-corrected chi connectivity index (χ1v) is 4.61. The molecule has 1 rings (SSSR count). The van der Waals surface area contributed by atoms with E-state index in [0.29, 0.717) is 18.8 Å². The average Bonchev–Trinajstić information content (AvgIpc) is 2.25. The molecule has 0 aliphatic heterocycles. The van der Waals surface area contributed by atoms with Crippen molar-refractivity contribution < 1.29 is 14.6 Å². The molecular formula is C10H15ClN2O3. The maximum absolute atomic E-state index is 11.1. The van der Waals surface area contributed by atoms with Crippen LogP contribution in [0.5, 0.6) is 11.5 Å². The molecule has 90 valence electrons. The Bertz CT molecular complexity index is 316. The van der Waals surface area contributed by atoms with Gasteiger partial charge >= 0.3 is 0 Å². The minimum absolute atomic E-state index is 0. The molecule has 0 saturated heterocycles. The Morgan fingerprint density at radius 1 is 1.38 bits per heavy atom. The third-order valence-corrected chi connectivity index (χ3v) is 1.67. The summed E-state index contributed by atoms with van der Waals surface area (Å²) in [5.74, 6) is 0.485. The fourth-order valence-electron chi connectivity index (χ4n) is 0.954. The van der Waals surface area contributed by atoms with Gasteiger partial charge in [-0.15, -0.1) is 12.4 Å². The lowest BCUT2D eigenvalue weighted by Crippen LogP contribution is -2.32. The lowest BCUT2D eigenvalue weighted by atomic mass is 10.3. The molecule has 0 aliphatic carbocycles. The zero-order valence-corrected chi connectivity index (χ0v) is 9.50. The summed E-state index contributed by atoms with van der Waals surface area (Å²) in [7, 11) is 0. The summed E-state index contributed by atoms with van der Waals surface area (Å²) in [6, 6.07) is 6.16. The van der Waals surface area contributed by atoms with Crippen LogP contribution in [-0.2, 0) is 4.79 Å². The van der Waals surface area contributed by atoms with Crippen LogP contribution in [0.1, 0.15) is 0 Å². The molecule has 0 heterocycles. The standard InChI is InChI=1S/C10H14N2O3.ClH/c11-5-6-12-10(14)7-15-9-3-1-8(13)2-4-9;/h1-4,13H,5-7,11H2,(H,12,14);1H. The normalized spacial score (nSPS) is 9.06. The van der Waals surface area contributed by atoms with Gasteiger partial charge in [-0.25, -0.2) is 0 Å². The van der Waals surface area contributed by atoms with Crippen molar-refractivity contribution in [1.29, 1.82) is 0 Å². The zero-order chi connectivity index (χ0) is 11.1. The molecule has 6 heteroatoms. The van der Waals surface area contributed by atoms with Crippen LogP contribution >= 0.6 is 12.4 Å². The summed E-state index contributed by atoms with van der Waals surface area (Å²) >= 11 is 0. The molecule has 16 heavy (non-hydrogen) atoms. The van der Waals surface area contributed by atoms with E-state index >= 15 is 0 Å². The number of aromatic hydroxyl groups is 1. The van der Waals surface area contributed by atoms with Crippen molar-refractivity contribution in [3.63, 3.8) is 0 Å². The smallest absolute Gasteiger partial charge is 0.257 e. The number of phenols is 1. The first-order valence-electron chi connectivity index (χ1n) is 4.61. The maximum atomic E-state index is 11.1. The topological polar surface area (TPSA) is 84.6 Å². The van der Waals surface area contributed by atoms with Crippen molar-refractivity contribution in [2.75, 3.05) is 19.7 Å². The van der Waals surface area contributed by atoms with Gasteiger partial charge < -0.3 is 20.9 Å². The molecule has 5 nitrogen and oxygen atoms in total. The Morgan fingerprint density at radius 2 is 2.00 bits per heavy atom. The van der Waals surface area contributed by atoms with E-state index in [1.807, 2.05) is 0 Å². The molecule has 1 amide bonds. The van der Waals surface area contributed by atoms with E-state index in [1.165, 1.54) is 12.1 Å². The highest BCUT2D eigenvalue weighted by atomic mass is 35.5. The second-order valence-electron chi connectivity index (χ2n) is 2.92. The van der Waals surface area contributed by atoms with Crippen LogP contribution in [0.2, 0.25) is 0 Å². The molecule has 4 N–H and O–H groups in total. The Kier molecular flexibility index (Phi) is 7.07. The minimum Gasteiger partial charge on any atom is -0.508 e. The summed E-state index contributed by atoms with van der Waals surface area (Å²) in [6.45, 7) is 0.799. The van der Waals surface area contributed by atoms with Crippen LogP contribution in [-0.4, -0.2) is 30.7 Å². The zero-order valence-electron chi connectivity index (χ0n) is 8.68. The quantitative estimate of drug-likeness (QED) is 0.696. The number of halogens is 1. The molecule has 0 radical (unpaired) electrons. The van der Waals surface area contributed by atoms with Crippen LogP contribution < -0.4 is 15.8 Å². The van der Waals surface area contributed by atoms with E-state index in [1.54, 1.807) is 12.1 Å². The number of benzene rings is 1. The van der Waals surface area contributed by atoms with Crippen molar-refractivity contribution in [3.8, 4) is 11.5 Å². The van der Waals surface area contributed by atoms with Crippen molar-refractivity contribution in [2.24, 2.45) is 5.73 Å². The minimum atomic E-state index is -0.214. The Labute approximate surface area is 100 Å². The molecular weight excluding hydrogens is 232 g/mol. The van der Waals surface area contributed by atoms with Crippen molar-refractivity contribution in [1.82, 2.24) is 5.32 Å². The molecule has 0 spiro atoms. The molecule has 0 saturated carbocycles. The predicted octanol–water partition coefficient (Wildman–Crippen LogP) is 0.268. The Morgan fingerprint density at radius 3 is 2.56 bits per heavy atom. The molecule has 0 aliphatic rings. The van der Waals surface area contributed by atoms with Gasteiger partial charge in [-0.1, -0.05) is 0 Å². The lowest BCUT2D eigenvalue weighted by molar-refractivity contribution is -0.123. The average molecular weight is 247 g/mol. The van der Waals surface area contributed by atoms with Gasteiger partial charge in [0.15, 0.2) is 6.61 Å². The summed E-state index contributed by atoms with van der Waals surface area (Å²) < 4.78 is 5.16. The number of phenolic OH excluding ortho intramolecular Hbond substituents is 1. The Hall–Kier alpha value is -1.46. The number of nitrogens with one attached hydrogen (secondary N) is 1. The van der Waals surface area contributed by atoms with Crippen molar-refractivity contribution in [2.45, 2.75) is 0 Å². The van der Waals surface area contributed by atoms with Crippen LogP contribution in [0, 0.1) is 0 Å². The highest BCUT2D eigenvalue weighted by molar-refractivity contribution is 5.85. The van der Waals surface area contributed by atoms with Gasteiger partial charge in [0.05, 0.1) is 0 Å². The van der Waals surface area contributed by atoms with Gasteiger partial charge in [0, 0.05) is 13.1 Å². The van der Waals surface area contributed by atoms with Gasteiger partial charge in [0.2, 0.25) is 0 Å². The molecule has 0 unspecified atom stereocenters. The van der Waals surface area contributed by atoms with Gasteiger partial charge in [-0.2, -0.15) is 0 Å². The second kappa shape index (κ2) is 7.78. The third kappa shape index (κ3) is 5.43. The molecule has 0 bridgehead atoms. The number of hydrogen-bond acceptors (Lipinski definition) is 4. The first-order chi connectivity index (χ1) is 7.22. The van der Waals surface area contributed by atoms with Gasteiger partial charge in [0.25, 0.3) is 5.91 Å². The van der Waals surface area contributed by atoms with Gasteiger partial charge in [-0.05, 0) is 24.3 Å². The number of nitrogens with two attached hydrogens (primary N) is 1. The van der Waals surface area contributed by atoms with Gasteiger partial charge in [-0.3, -0.25) is 4.79 Å². The van der Waals surface area contributed by atoms with E-state index in [4.69, 9.17) is 15.6 Å². The number of ether oxygens (including phenoxy) is 1.